The number of anilines is 1. The van der Waals surface area contributed by atoms with Crippen molar-refractivity contribution in [2.75, 3.05) is 17.7 Å². The van der Waals surface area contributed by atoms with Crippen LogP contribution in [0.25, 0.3) is 0 Å². The Hall–Kier alpha value is -2.47. The Balaban J connectivity index is 1.90. The van der Waals surface area contributed by atoms with E-state index in [9.17, 15) is 13.8 Å². The highest BCUT2D eigenvalue weighted by molar-refractivity contribution is 7.85. The van der Waals surface area contributed by atoms with Gasteiger partial charge in [-0.2, -0.15) is 0 Å². The SMILES string of the molecule is CCCCc1ccc(NC(=O)COC(=O)c2ccccc2[S@@](=O)CC)cc1. The summed E-state index contributed by atoms with van der Waals surface area (Å²) in [6, 6.07) is 14.2. The van der Waals surface area contributed by atoms with Crippen LogP contribution in [0, 0.1) is 0 Å². The van der Waals surface area contributed by atoms with Gasteiger partial charge in [0, 0.05) is 11.4 Å². The number of carbonyl (C=O) groups is 2. The zero-order valence-corrected chi connectivity index (χ0v) is 16.5. The molecule has 2 aromatic carbocycles. The lowest BCUT2D eigenvalue weighted by Gasteiger charge is -2.09. The summed E-state index contributed by atoms with van der Waals surface area (Å²) in [5.41, 5.74) is 2.11. The average Bonchev–Trinajstić information content (AvgIpc) is 2.71. The molecule has 0 aliphatic heterocycles. The Bertz CT molecular complexity index is 802. The molecule has 2 aromatic rings. The first kappa shape index (κ1) is 20.8. The van der Waals surface area contributed by atoms with E-state index in [4.69, 9.17) is 4.74 Å². The summed E-state index contributed by atoms with van der Waals surface area (Å²) in [7, 11) is -1.27. The molecular weight excluding hydrogens is 362 g/mol. The van der Waals surface area contributed by atoms with Crippen LogP contribution < -0.4 is 5.32 Å². The minimum absolute atomic E-state index is 0.228. The lowest BCUT2D eigenvalue weighted by atomic mass is 10.1. The number of carbonyl (C=O) groups excluding carboxylic acids is 2. The number of hydrogen-bond acceptors (Lipinski definition) is 4. The van der Waals surface area contributed by atoms with Crippen LogP contribution in [0.5, 0.6) is 0 Å². The van der Waals surface area contributed by atoms with Crippen LogP contribution in [-0.2, 0) is 26.8 Å². The monoisotopic (exact) mass is 387 g/mol. The fraction of sp³-hybridized carbons (Fsp3) is 0.333. The number of unbranched alkanes of at least 4 members (excludes halogenated alkanes) is 1. The fourth-order valence-electron chi connectivity index (χ4n) is 2.53. The number of esters is 1. The van der Waals surface area contributed by atoms with Crippen LogP contribution in [-0.4, -0.2) is 28.4 Å². The van der Waals surface area contributed by atoms with Crippen LogP contribution >= 0.6 is 0 Å². The van der Waals surface area contributed by atoms with Crippen LogP contribution in [0.3, 0.4) is 0 Å². The van der Waals surface area contributed by atoms with E-state index in [0.717, 1.165) is 19.3 Å². The number of ether oxygens (including phenoxy) is 1. The summed E-state index contributed by atoms with van der Waals surface area (Å²) in [5.74, 6) is -0.671. The van der Waals surface area contributed by atoms with Crippen LogP contribution in [0.2, 0.25) is 0 Å². The first-order valence-corrected chi connectivity index (χ1v) is 10.4. The summed E-state index contributed by atoms with van der Waals surface area (Å²) in [6.45, 7) is 3.52. The van der Waals surface area contributed by atoms with Gasteiger partial charge in [-0.15, -0.1) is 0 Å². The predicted octanol–water partition coefficient (Wildman–Crippen LogP) is 3.95. The van der Waals surface area contributed by atoms with Gasteiger partial charge in [-0.1, -0.05) is 44.5 Å². The van der Waals surface area contributed by atoms with Crippen molar-refractivity contribution in [3.05, 3.63) is 59.7 Å². The molecule has 0 saturated heterocycles. The molecule has 1 atom stereocenters. The molecule has 144 valence electrons. The topological polar surface area (TPSA) is 72.5 Å². The second-order valence-corrected chi connectivity index (χ2v) is 7.76. The third-order valence-electron chi connectivity index (χ3n) is 4.01. The molecule has 2 rings (SSSR count). The lowest BCUT2D eigenvalue weighted by molar-refractivity contribution is -0.119. The van der Waals surface area contributed by atoms with Gasteiger partial charge in [0.15, 0.2) is 6.61 Å². The summed E-state index contributed by atoms with van der Waals surface area (Å²) < 4.78 is 17.1. The lowest BCUT2D eigenvalue weighted by Crippen LogP contribution is -2.21. The predicted molar refractivity (Wildman–Crippen MR) is 107 cm³/mol. The zero-order valence-electron chi connectivity index (χ0n) is 15.7. The molecule has 0 fully saturated rings. The quantitative estimate of drug-likeness (QED) is 0.661. The molecule has 0 aliphatic rings. The van der Waals surface area contributed by atoms with Gasteiger partial charge >= 0.3 is 5.97 Å². The smallest absolute Gasteiger partial charge is 0.339 e. The van der Waals surface area contributed by atoms with Crippen molar-refractivity contribution in [2.45, 2.75) is 38.0 Å². The van der Waals surface area contributed by atoms with Gasteiger partial charge in [-0.3, -0.25) is 9.00 Å². The Morgan fingerprint density at radius 3 is 2.41 bits per heavy atom. The van der Waals surface area contributed by atoms with Gasteiger partial charge in [0.25, 0.3) is 5.91 Å². The van der Waals surface area contributed by atoms with E-state index in [0.29, 0.717) is 16.3 Å². The number of hydrogen-bond donors (Lipinski definition) is 1. The van der Waals surface area contributed by atoms with Crippen molar-refractivity contribution in [3.63, 3.8) is 0 Å². The Kier molecular flexibility index (Phi) is 8.20. The van der Waals surface area contributed by atoms with Crippen molar-refractivity contribution in [1.82, 2.24) is 0 Å². The van der Waals surface area contributed by atoms with Crippen molar-refractivity contribution < 1.29 is 18.5 Å². The van der Waals surface area contributed by atoms with Crippen molar-refractivity contribution in [1.29, 1.82) is 0 Å². The highest BCUT2D eigenvalue weighted by Gasteiger charge is 2.17. The summed E-state index contributed by atoms with van der Waals surface area (Å²) in [4.78, 5) is 24.7. The van der Waals surface area contributed by atoms with Gasteiger partial charge in [-0.05, 0) is 42.7 Å². The zero-order chi connectivity index (χ0) is 19.6. The molecular formula is C21H25NO4S. The number of benzene rings is 2. The van der Waals surface area contributed by atoms with E-state index < -0.39 is 29.3 Å². The molecule has 0 radical (unpaired) electrons. The van der Waals surface area contributed by atoms with Gasteiger partial charge < -0.3 is 10.1 Å². The maximum absolute atomic E-state index is 12.3. The summed E-state index contributed by atoms with van der Waals surface area (Å²) in [5, 5.41) is 2.70. The molecule has 1 amide bonds. The molecule has 0 heterocycles. The van der Waals surface area contributed by atoms with E-state index >= 15 is 0 Å². The molecule has 0 saturated carbocycles. The maximum atomic E-state index is 12.3. The van der Waals surface area contributed by atoms with E-state index in [1.807, 2.05) is 24.3 Å². The maximum Gasteiger partial charge on any atom is 0.339 e. The van der Waals surface area contributed by atoms with Crippen LogP contribution in [0.4, 0.5) is 5.69 Å². The van der Waals surface area contributed by atoms with Crippen molar-refractivity contribution in [2.24, 2.45) is 0 Å². The summed E-state index contributed by atoms with van der Waals surface area (Å²) >= 11 is 0. The normalized spacial score (nSPS) is 11.6. The molecule has 5 nitrogen and oxygen atoms in total. The molecule has 0 spiro atoms. The summed E-state index contributed by atoms with van der Waals surface area (Å²) in [6.07, 6.45) is 3.28. The molecule has 27 heavy (non-hydrogen) atoms. The molecule has 1 N–H and O–H groups in total. The highest BCUT2D eigenvalue weighted by atomic mass is 32.2. The van der Waals surface area contributed by atoms with Gasteiger partial charge in [0.05, 0.1) is 21.3 Å². The standard InChI is InChI=1S/C21H25NO4S/c1-3-5-8-16-11-13-17(14-12-16)22-20(23)15-26-21(24)18-9-6-7-10-19(18)27(25)4-2/h6-7,9-14H,3-5,8,15H2,1-2H3,(H,22,23)/t27-/m0/s1. The highest BCUT2D eigenvalue weighted by Crippen LogP contribution is 2.15. The first-order chi connectivity index (χ1) is 13.0. The number of aryl methyl sites for hydroxylation is 1. The molecule has 0 unspecified atom stereocenters. The largest absolute Gasteiger partial charge is 0.452 e. The van der Waals surface area contributed by atoms with Gasteiger partial charge in [-0.25, -0.2) is 4.79 Å². The average molecular weight is 388 g/mol. The van der Waals surface area contributed by atoms with E-state index in [1.165, 1.54) is 5.56 Å². The number of rotatable bonds is 9. The Morgan fingerprint density at radius 2 is 1.74 bits per heavy atom. The van der Waals surface area contributed by atoms with E-state index in [2.05, 4.69) is 12.2 Å². The number of amides is 1. The van der Waals surface area contributed by atoms with Crippen LogP contribution in [0.1, 0.15) is 42.6 Å². The minimum atomic E-state index is -1.27. The second kappa shape index (κ2) is 10.6. The second-order valence-electron chi connectivity index (χ2n) is 6.06. The third-order valence-corrected chi connectivity index (χ3v) is 5.38. The molecule has 0 bridgehead atoms. The first-order valence-electron chi connectivity index (χ1n) is 9.08. The van der Waals surface area contributed by atoms with E-state index in [1.54, 1.807) is 31.2 Å². The number of nitrogens with one attached hydrogen (secondary N) is 1. The minimum Gasteiger partial charge on any atom is -0.452 e. The molecule has 0 aromatic heterocycles. The Labute approximate surface area is 162 Å². The van der Waals surface area contributed by atoms with Crippen molar-refractivity contribution >= 4 is 28.4 Å². The Morgan fingerprint density at radius 1 is 1.04 bits per heavy atom. The third kappa shape index (κ3) is 6.32. The van der Waals surface area contributed by atoms with Gasteiger partial charge in [0.1, 0.15) is 0 Å². The molecule has 6 heteroatoms. The molecule has 0 aliphatic carbocycles. The van der Waals surface area contributed by atoms with Crippen LogP contribution in [0.15, 0.2) is 53.4 Å². The van der Waals surface area contributed by atoms with E-state index in [-0.39, 0.29) is 5.56 Å². The van der Waals surface area contributed by atoms with Gasteiger partial charge in [0.2, 0.25) is 0 Å². The van der Waals surface area contributed by atoms with Crippen molar-refractivity contribution in [3.8, 4) is 0 Å². The fourth-order valence-corrected chi connectivity index (χ4v) is 3.47.